The maximum absolute atomic E-state index is 11.3. The Morgan fingerprint density at radius 1 is 1.06 bits per heavy atom. The first-order valence-corrected chi connectivity index (χ1v) is 12.6. The molecule has 2 aromatic carbocycles. The van der Waals surface area contributed by atoms with Gasteiger partial charge >= 0.3 is 0 Å². The fraction of sp³-hybridized carbons (Fsp3) is 0.400. The van der Waals surface area contributed by atoms with Crippen LogP contribution in [0.3, 0.4) is 0 Å². The minimum absolute atomic E-state index is 0.378. The topological polar surface area (TPSA) is 136 Å². The molecule has 1 saturated heterocycles. The molecule has 1 heterocycles. The fourth-order valence-corrected chi connectivity index (χ4v) is 5.21. The molecule has 170 valence electrons. The molecule has 0 unspecified atom stereocenters. The summed E-state index contributed by atoms with van der Waals surface area (Å²) in [6.07, 6.45) is -2.59. The van der Waals surface area contributed by atoms with Gasteiger partial charge in [-0.15, -0.1) is 11.8 Å². The van der Waals surface area contributed by atoms with E-state index in [4.69, 9.17) is 16.3 Å². The van der Waals surface area contributed by atoms with Crippen LogP contribution in [0.1, 0.15) is 11.1 Å². The normalized spacial score (nSPS) is 26.5. The monoisotopic (exact) mass is 489 g/mol. The maximum atomic E-state index is 11.3. The van der Waals surface area contributed by atoms with E-state index in [9.17, 15) is 28.8 Å². The molecule has 0 saturated carbocycles. The van der Waals surface area contributed by atoms with Crippen LogP contribution in [0, 0.1) is 0 Å². The number of rotatable bonds is 7. The second kappa shape index (κ2) is 9.95. The van der Waals surface area contributed by atoms with E-state index >= 15 is 0 Å². The van der Waals surface area contributed by atoms with Gasteiger partial charge in [-0.1, -0.05) is 23.7 Å². The number of aliphatic hydroxyl groups is 4. The van der Waals surface area contributed by atoms with Gasteiger partial charge in [0.1, 0.15) is 18.0 Å². The van der Waals surface area contributed by atoms with Crippen LogP contribution in [0.5, 0.6) is 5.75 Å². The molecule has 5 atom stereocenters. The first-order chi connectivity index (χ1) is 14.6. The molecule has 1 aliphatic rings. The molecule has 0 aromatic heterocycles. The van der Waals surface area contributed by atoms with Crippen LogP contribution in [0.25, 0.3) is 0 Å². The predicted molar refractivity (Wildman–Crippen MR) is 120 cm³/mol. The average molecular weight is 490 g/mol. The number of benzene rings is 2. The van der Waals surface area contributed by atoms with Gasteiger partial charge in [0.2, 0.25) is 10.0 Å². The van der Waals surface area contributed by atoms with E-state index in [1.807, 2.05) is 0 Å². The summed E-state index contributed by atoms with van der Waals surface area (Å²) in [4.78, 5) is 0. The zero-order valence-electron chi connectivity index (χ0n) is 16.6. The Morgan fingerprint density at radius 3 is 2.35 bits per heavy atom. The number of hydrogen-bond acceptors (Lipinski definition) is 8. The third-order valence-corrected chi connectivity index (χ3v) is 7.03. The molecule has 0 bridgehead atoms. The predicted octanol–water partition coefficient (Wildman–Crippen LogP) is 1.20. The van der Waals surface area contributed by atoms with Crippen molar-refractivity contribution in [2.45, 2.75) is 35.4 Å². The molecular formula is C20H24ClNO7S2. The molecular weight excluding hydrogens is 466 g/mol. The highest BCUT2D eigenvalue weighted by molar-refractivity contribution is 8.00. The molecule has 3 rings (SSSR count). The van der Waals surface area contributed by atoms with Crippen LogP contribution in [0.15, 0.2) is 42.5 Å². The van der Waals surface area contributed by atoms with Crippen LogP contribution in [0.2, 0.25) is 5.02 Å². The van der Waals surface area contributed by atoms with Crippen molar-refractivity contribution in [1.29, 1.82) is 0 Å². The molecule has 31 heavy (non-hydrogen) atoms. The largest absolute Gasteiger partial charge is 0.477 e. The number of sulfonamides is 1. The van der Waals surface area contributed by atoms with E-state index < -0.39 is 39.0 Å². The average Bonchev–Trinajstić information content (AvgIpc) is 2.70. The second-order valence-electron chi connectivity index (χ2n) is 7.32. The van der Waals surface area contributed by atoms with Crippen molar-refractivity contribution in [3.8, 4) is 5.75 Å². The first-order valence-electron chi connectivity index (χ1n) is 9.39. The van der Waals surface area contributed by atoms with Gasteiger partial charge in [0.15, 0.2) is 5.44 Å². The van der Waals surface area contributed by atoms with Gasteiger partial charge in [-0.3, -0.25) is 4.72 Å². The Labute approximate surface area is 189 Å². The minimum Gasteiger partial charge on any atom is -0.477 e. The third-order valence-electron chi connectivity index (χ3n) is 4.77. The Morgan fingerprint density at radius 2 is 1.74 bits per heavy atom. The lowest BCUT2D eigenvalue weighted by atomic mass is 10.0. The zero-order valence-corrected chi connectivity index (χ0v) is 18.9. The van der Waals surface area contributed by atoms with E-state index in [0.717, 1.165) is 23.6 Å². The summed E-state index contributed by atoms with van der Waals surface area (Å²) in [7, 11) is -3.37. The summed E-state index contributed by atoms with van der Waals surface area (Å²) in [6, 6.07) is 11.8. The number of anilines is 1. The number of nitrogens with one attached hydrogen (secondary N) is 1. The molecule has 1 fully saturated rings. The summed E-state index contributed by atoms with van der Waals surface area (Å²) < 4.78 is 31.0. The Kier molecular flexibility index (Phi) is 7.74. The highest BCUT2D eigenvalue weighted by Crippen LogP contribution is 2.36. The molecule has 2 aromatic rings. The van der Waals surface area contributed by atoms with Crippen molar-refractivity contribution in [1.82, 2.24) is 0 Å². The molecule has 11 heteroatoms. The smallest absolute Gasteiger partial charge is 0.229 e. The van der Waals surface area contributed by atoms with E-state index in [2.05, 4.69) is 4.72 Å². The number of ether oxygens (including phenoxy) is 1. The highest BCUT2D eigenvalue weighted by atomic mass is 35.5. The van der Waals surface area contributed by atoms with Crippen LogP contribution >= 0.6 is 23.4 Å². The Bertz CT molecular complexity index is 1000. The second-order valence-corrected chi connectivity index (χ2v) is 10.8. The summed E-state index contributed by atoms with van der Waals surface area (Å²) in [5.41, 5.74) is 1.12. The first kappa shape index (κ1) is 24.1. The van der Waals surface area contributed by atoms with Crippen molar-refractivity contribution in [3.63, 3.8) is 0 Å². The third kappa shape index (κ3) is 6.26. The van der Waals surface area contributed by atoms with Gasteiger partial charge in [0.25, 0.3) is 0 Å². The SMILES string of the molecule is CS(=O)(=O)Nc1ccc(Cc2cc(Cl)ccc2O[C@H]2S[C@@H](CO)[C@@H](O)[C@H](O)[C@H]2O)cc1. The van der Waals surface area contributed by atoms with Gasteiger partial charge < -0.3 is 25.2 Å². The lowest BCUT2D eigenvalue weighted by Gasteiger charge is -2.39. The van der Waals surface area contributed by atoms with Crippen molar-refractivity contribution in [2.75, 3.05) is 17.6 Å². The Hall–Kier alpha value is -1.53. The standard InChI is InChI=1S/C20H24ClNO7S2/c1-31(27,28)22-14-5-2-11(3-6-14)8-12-9-13(21)4-7-15(12)29-20-19(26)18(25)17(24)16(10-23)30-20/h2-7,9,16-20,22-26H,8,10H2,1H3/t16-,17+,18-,19+,20-/m0/s1. The number of aliphatic hydroxyl groups excluding tert-OH is 4. The zero-order chi connectivity index (χ0) is 22.8. The van der Waals surface area contributed by atoms with Crippen LogP contribution in [0.4, 0.5) is 5.69 Å². The summed E-state index contributed by atoms with van der Waals surface area (Å²) in [6.45, 7) is -0.378. The van der Waals surface area contributed by atoms with Crippen molar-refractivity contribution in [3.05, 3.63) is 58.6 Å². The van der Waals surface area contributed by atoms with Gasteiger partial charge in [0, 0.05) is 22.7 Å². The molecule has 5 N–H and O–H groups in total. The van der Waals surface area contributed by atoms with E-state index in [-0.39, 0.29) is 6.61 Å². The molecule has 0 amide bonds. The van der Waals surface area contributed by atoms with Crippen LogP contribution < -0.4 is 9.46 Å². The number of halogens is 1. The van der Waals surface area contributed by atoms with E-state index in [1.54, 1.807) is 42.5 Å². The number of thioether (sulfide) groups is 1. The van der Waals surface area contributed by atoms with Gasteiger partial charge in [-0.2, -0.15) is 0 Å². The van der Waals surface area contributed by atoms with Crippen LogP contribution in [-0.2, 0) is 16.4 Å². The number of hydrogen-bond donors (Lipinski definition) is 5. The molecule has 0 spiro atoms. The summed E-state index contributed by atoms with van der Waals surface area (Å²) >= 11 is 7.19. The maximum Gasteiger partial charge on any atom is 0.229 e. The van der Waals surface area contributed by atoms with Gasteiger partial charge in [0.05, 0.1) is 24.2 Å². The molecule has 0 radical (unpaired) electrons. The lowest BCUT2D eigenvalue weighted by molar-refractivity contribution is -0.0910. The summed E-state index contributed by atoms with van der Waals surface area (Å²) in [5, 5.41) is 39.6. The molecule has 1 aliphatic heterocycles. The summed E-state index contributed by atoms with van der Waals surface area (Å²) in [5.74, 6) is 0.430. The van der Waals surface area contributed by atoms with Crippen molar-refractivity contribution >= 4 is 39.1 Å². The molecule has 0 aliphatic carbocycles. The van der Waals surface area contributed by atoms with Crippen molar-refractivity contribution in [2.24, 2.45) is 0 Å². The highest BCUT2D eigenvalue weighted by Gasteiger charge is 2.44. The van der Waals surface area contributed by atoms with Crippen LogP contribution in [-0.4, -0.2) is 70.7 Å². The lowest BCUT2D eigenvalue weighted by Crippen LogP contribution is -2.55. The van der Waals surface area contributed by atoms with Crippen molar-refractivity contribution < 1.29 is 33.6 Å². The Balaban J connectivity index is 1.79. The van der Waals surface area contributed by atoms with Gasteiger partial charge in [-0.25, -0.2) is 8.42 Å². The quantitative estimate of drug-likeness (QED) is 0.391. The fourth-order valence-electron chi connectivity index (χ4n) is 3.22. The van der Waals surface area contributed by atoms with Gasteiger partial charge in [-0.05, 0) is 35.9 Å². The minimum atomic E-state index is -3.37. The molecule has 8 nitrogen and oxygen atoms in total. The van der Waals surface area contributed by atoms with E-state index in [0.29, 0.717) is 28.4 Å². The van der Waals surface area contributed by atoms with E-state index in [1.165, 1.54) is 0 Å².